The van der Waals surface area contributed by atoms with E-state index in [9.17, 15) is 10.5 Å². The number of nitrogens with zero attached hydrogens (tertiary/aromatic N) is 3. The lowest BCUT2D eigenvalue weighted by Crippen LogP contribution is -2.04. The molecule has 2 aromatic carbocycles. The van der Waals surface area contributed by atoms with Gasteiger partial charge in [0.25, 0.3) is 0 Å². The third-order valence-corrected chi connectivity index (χ3v) is 6.90. The predicted octanol–water partition coefficient (Wildman–Crippen LogP) is 6.54. The van der Waals surface area contributed by atoms with Crippen LogP contribution < -0.4 is 15.2 Å². The molecule has 1 heterocycles. The first-order valence-corrected chi connectivity index (χ1v) is 12.0. The van der Waals surface area contributed by atoms with Crippen LogP contribution in [0.2, 0.25) is 5.02 Å². The topological polar surface area (TPSA) is 105 Å². The lowest BCUT2D eigenvalue weighted by Gasteiger charge is -2.15. The molecular weight excluding hydrogens is 575 g/mol. The largest absolute Gasteiger partial charge is 0.493 e. The van der Waals surface area contributed by atoms with Crippen LogP contribution in [0.1, 0.15) is 40.4 Å². The number of rotatable bonds is 5. The van der Waals surface area contributed by atoms with Gasteiger partial charge in [-0.1, -0.05) is 23.7 Å². The molecule has 1 aliphatic rings. The van der Waals surface area contributed by atoms with Crippen molar-refractivity contribution >= 4 is 57.2 Å². The minimum absolute atomic E-state index is 0.129. The highest BCUT2D eigenvalue weighted by atomic mass is 127. The summed E-state index contributed by atoms with van der Waals surface area (Å²) in [7, 11) is 1.59. The van der Waals surface area contributed by atoms with E-state index in [-0.39, 0.29) is 5.82 Å². The molecule has 0 bridgehead atoms. The maximum atomic E-state index is 9.78. The molecule has 174 valence electrons. The molecule has 0 unspecified atom stereocenters. The van der Waals surface area contributed by atoms with E-state index in [0.717, 1.165) is 31.4 Å². The SMILES string of the molecule is COc1cc(/C=C2\C(C)=C(C#N)c3nc(N)c(C#N)c(C)c32)cc(I)c1OCc1ccc(Cl)cc1. The number of nitrogen functional groups attached to an aromatic ring is 1. The standard InChI is InChI=1S/C27H20ClIN4O2/c1-14-19(24-15(2)21(12-31)27(32)33-25(24)20(14)11-30)8-17-9-22(29)26(23(10-17)34-3)35-13-16-4-6-18(28)7-5-16/h4-10H,13H2,1-3H3,(H2,32,33)/b19-8+. The van der Waals surface area contributed by atoms with Crippen molar-refractivity contribution in [2.45, 2.75) is 20.5 Å². The van der Waals surface area contributed by atoms with Crippen molar-refractivity contribution in [1.29, 1.82) is 10.5 Å². The van der Waals surface area contributed by atoms with Crippen LogP contribution in [-0.2, 0) is 6.61 Å². The van der Waals surface area contributed by atoms with Gasteiger partial charge in [0.05, 0.1) is 27.5 Å². The van der Waals surface area contributed by atoms with Crippen LogP contribution in [0.25, 0.3) is 17.2 Å². The molecule has 0 fully saturated rings. The molecule has 6 nitrogen and oxygen atoms in total. The van der Waals surface area contributed by atoms with E-state index in [1.54, 1.807) is 7.11 Å². The number of aromatic nitrogens is 1. The number of halogens is 2. The zero-order valence-corrected chi connectivity index (χ0v) is 22.2. The number of methoxy groups -OCH3 is 1. The predicted molar refractivity (Wildman–Crippen MR) is 146 cm³/mol. The van der Waals surface area contributed by atoms with Crippen molar-refractivity contribution < 1.29 is 9.47 Å². The van der Waals surface area contributed by atoms with Crippen molar-refractivity contribution in [3.63, 3.8) is 0 Å². The second-order valence-corrected chi connectivity index (χ2v) is 9.55. The van der Waals surface area contributed by atoms with Gasteiger partial charge in [0.1, 0.15) is 24.6 Å². The second-order valence-electron chi connectivity index (χ2n) is 7.95. The van der Waals surface area contributed by atoms with Crippen LogP contribution in [0, 0.1) is 33.2 Å². The molecule has 0 saturated heterocycles. The molecule has 1 aromatic heterocycles. The molecule has 3 aromatic rings. The van der Waals surface area contributed by atoms with Crippen molar-refractivity contribution in [3.8, 4) is 23.6 Å². The number of allylic oxidation sites excluding steroid dienone is 3. The normalized spacial score (nSPS) is 13.4. The minimum atomic E-state index is 0.129. The van der Waals surface area contributed by atoms with Gasteiger partial charge < -0.3 is 15.2 Å². The maximum Gasteiger partial charge on any atom is 0.174 e. The number of ether oxygens (including phenoxy) is 2. The Labute approximate surface area is 222 Å². The summed E-state index contributed by atoms with van der Waals surface area (Å²) in [4.78, 5) is 4.38. The van der Waals surface area contributed by atoms with Gasteiger partial charge in [-0.3, -0.25) is 0 Å². The van der Waals surface area contributed by atoms with Gasteiger partial charge in [0.15, 0.2) is 11.5 Å². The first-order valence-electron chi connectivity index (χ1n) is 10.6. The summed E-state index contributed by atoms with van der Waals surface area (Å²) in [5.74, 6) is 1.35. The number of hydrogen-bond donors (Lipinski definition) is 1. The summed E-state index contributed by atoms with van der Waals surface area (Å²) >= 11 is 8.19. The Morgan fingerprint density at radius 1 is 1.14 bits per heavy atom. The smallest absolute Gasteiger partial charge is 0.174 e. The number of hydrogen-bond acceptors (Lipinski definition) is 6. The summed E-state index contributed by atoms with van der Waals surface area (Å²) in [6.45, 7) is 4.07. The van der Waals surface area contributed by atoms with Crippen molar-refractivity contribution in [1.82, 2.24) is 4.98 Å². The first-order chi connectivity index (χ1) is 16.8. The second kappa shape index (κ2) is 9.99. The minimum Gasteiger partial charge on any atom is -0.493 e. The van der Waals surface area contributed by atoms with Gasteiger partial charge in [-0.2, -0.15) is 10.5 Å². The molecule has 0 amide bonds. The van der Waals surface area contributed by atoms with E-state index in [1.165, 1.54) is 0 Å². The van der Waals surface area contributed by atoms with E-state index in [0.29, 0.717) is 45.5 Å². The van der Waals surface area contributed by atoms with E-state index >= 15 is 0 Å². The summed E-state index contributed by atoms with van der Waals surface area (Å²) in [6.07, 6.45) is 1.97. The average Bonchev–Trinajstić information content (AvgIpc) is 3.09. The van der Waals surface area contributed by atoms with Crippen LogP contribution >= 0.6 is 34.2 Å². The van der Waals surface area contributed by atoms with Crippen LogP contribution in [0.15, 0.2) is 42.0 Å². The Morgan fingerprint density at radius 2 is 1.86 bits per heavy atom. The fourth-order valence-electron chi connectivity index (χ4n) is 4.06. The summed E-state index contributed by atoms with van der Waals surface area (Å²) in [5, 5.41) is 20.0. The molecule has 2 N–H and O–H groups in total. The van der Waals surface area contributed by atoms with E-state index in [2.05, 4.69) is 39.7 Å². The molecule has 1 aliphatic carbocycles. The number of benzene rings is 2. The Bertz CT molecular complexity index is 1500. The fraction of sp³-hybridized carbons (Fsp3) is 0.148. The van der Waals surface area contributed by atoms with Crippen molar-refractivity contribution in [2.24, 2.45) is 0 Å². The molecule has 8 heteroatoms. The van der Waals surface area contributed by atoms with Crippen LogP contribution in [-0.4, -0.2) is 12.1 Å². The zero-order chi connectivity index (χ0) is 25.3. The fourth-order valence-corrected chi connectivity index (χ4v) is 4.97. The summed E-state index contributed by atoms with van der Waals surface area (Å²) < 4.78 is 12.6. The highest BCUT2D eigenvalue weighted by Gasteiger charge is 2.29. The number of anilines is 1. The Balaban J connectivity index is 1.77. The Morgan fingerprint density at radius 3 is 2.49 bits per heavy atom. The van der Waals surface area contributed by atoms with Gasteiger partial charge in [-0.05, 0) is 94.6 Å². The van der Waals surface area contributed by atoms with E-state index in [1.807, 2.05) is 56.3 Å². The van der Waals surface area contributed by atoms with Gasteiger partial charge >= 0.3 is 0 Å². The number of pyridine rings is 1. The summed E-state index contributed by atoms with van der Waals surface area (Å²) in [6, 6.07) is 15.7. The first kappa shape index (κ1) is 24.6. The molecule has 0 radical (unpaired) electrons. The number of nitriles is 2. The molecular formula is C27H20ClIN4O2. The maximum absolute atomic E-state index is 9.78. The Hall–Kier alpha value is -3.53. The third kappa shape index (κ3) is 4.58. The third-order valence-electron chi connectivity index (χ3n) is 5.84. The number of fused-ring (bicyclic) bond motifs is 1. The molecule has 0 saturated carbocycles. The lowest BCUT2D eigenvalue weighted by molar-refractivity contribution is 0.282. The highest BCUT2D eigenvalue weighted by Crippen LogP contribution is 2.45. The van der Waals surface area contributed by atoms with Crippen molar-refractivity contribution in [3.05, 3.63) is 84.1 Å². The van der Waals surface area contributed by atoms with Gasteiger partial charge in [-0.15, -0.1) is 0 Å². The van der Waals surface area contributed by atoms with Gasteiger partial charge in [-0.25, -0.2) is 4.98 Å². The molecule has 35 heavy (non-hydrogen) atoms. The molecule has 0 spiro atoms. The molecule has 0 aliphatic heterocycles. The lowest BCUT2D eigenvalue weighted by atomic mass is 9.95. The van der Waals surface area contributed by atoms with E-state index < -0.39 is 0 Å². The van der Waals surface area contributed by atoms with E-state index in [4.69, 9.17) is 26.8 Å². The quantitative estimate of drug-likeness (QED) is 0.336. The van der Waals surface area contributed by atoms with Gasteiger partial charge in [0.2, 0.25) is 0 Å². The van der Waals surface area contributed by atoms with Crippen molar-refractivity contribution in [2.75, 3.05) is 12.8 Å². The van der Waals surface area contributed by atoms with Crippen LogP contribution in [0.4, 0.5) is 5.82 Å². The van der Waals surface area contributed by atoms with Crippen LogP contribution in [0.5, 0.6) is 11.5 Å². The zero-order valence-electron chi connectivity index (χ0n) is 19.2. The van der Waals surface area contributed by atoms with Gasteiger partial charge in [0, 0.05) is 10.6 Å². The average molecular weight is 595 g/mol. The Kier molecular flexibility index (Phi) is 7.02. The molecule has 0 atom stereocenters. The molecule has 4 rings (SSSR count). The monoisotopic (exact) mass is 594 g/mol. The highest BCUT2D eigenvalue weighted by molar-refractivity contribution is 14.1. The van der Waals surface area contributed by atoms with Crippen LogP contribution in [0.3, 0.4) is 0 Å². The number of nitrogens with two attached hydrogens (primary N) is 1. The summed E-state index contributed by atoms with van der Waals surface area (Å²) in [5.41, 5.74) is 12.2.